The lowest BCUT2D eigenvalue weighted by atomic mass is 9.99. The summed E-state index contributed by atoms with van der Waals surface area (Å²) in [6.45, 7) is 1.77. The fraction of sp³-hybridized carbons (Fsp3) is 0.189. The maximum atomic E-state index is 14.0. The first kappa shape index (κ1) is 31.7. The van der Waals surface area contributed by atoms with E-state index in [-0.39, 0.29) is 30.1 Å². The van der Waals surface area contributed by atoms with Crippen LogP contribution in [0.3, 0.4) is 0 Å². The number of rotatable bonds is 11. The van der Waals surface area contributed by atoms with Gasteiger partial charge >= 0.3 is 5.97 Å². The Morgan fingerprint density at radius 1 is 0.822 bits per heavy atom. The van der Waals surface area contributed by atoms with Crippen molar-refractivity contribution in [3.05, 3.63) is 136 Å². The summed E-state index contributed by atoms with van der Waals surface area (Å²) in [5.41, 5.74) is 3.64. The van der Waals surface area contributed by atoms with E-state index in [1.807, 2.05) is 30.3 Å². The summed E-state index contributed by atoms with van der Waals surface area (Å²) in [6, 6.07) is 28.0. The minimum absolute atomic E-state index is 0.0623. The van der Waals surface area contributed by atoms with Gasteiger partial charge in [-0.05, 0) is 104 Å². The van der Waals surface area contributed by atoms with Gasteiger partial charge in [-0.15, -0.1) is 0 Å². The van der Waals surface area contributed by atoms with Crippen molar-refractivity contribution in [1.82, 2.24) is 4.57 Å². The average Bonchev–Trinajstić information content (AvgIpc) is 3.31. The van der Waals surface area contributed by atoms with Gasteiger partial charge in [-0.3, -0.25) is 14.2 Å². The van der Waals surface area contributed by atoms with Crippen molar-refractivity contribution in [2.24, 2.45) is 0 Å². The average molecular weight is 628 g/mol. The van der Waals surface area contributed by atoms with Gasteiger partial charge in [-0.2, -0.15) is 8.78 Å². The molecule has 0 aliphatic rings. The van der Waals surface area contributed by atoms with E-state index in [4.69, 9.17) is 21.1 Å². The number of aromatic nitrogens is 1. The van der Waals surface area contributed by atoms with Crippen molar-refractivity contribution < 1.29 is 27.8 Å². The molecule has 8 heteroatoms. The summed E-state index contributed by atoms with van der Waals surface area (Å²) in [7, 11) is 1.54. The smallest absolute Gasteiger partial charge is 0.315 e. The molecule has 4 aromatic carbocycles. The molecule has 0 N–H and O–H groups in total. The quantitative estimate of drug-likeness (QED) is 0.0831. The van der Waals surface area contributed by atoms with Crippen molar-refractivity contribution >= 4 is 40.0 Å². The van der Waals surface area contributed by atoms with Crippen molar-refractivity contribution in [3.63, 3.8) is 0 Å². The number of allylic oxidation sites excluding steroid dienone is 1. The van der Waals surface area contributed by atoms with E-state index in [1.165, 1.54) is 18.7 Å². The van der Waals surface area contributed by atoms with Crippen molar-refractivity contribution in [2.75, 3.05) is 7.11 Å². The van der Waals surface area contributed by atoms with Crippen LogP contribution in [0.25, 0.3) is 16.5 Å². The van der Waals surface area contributed by atoms with E-state index in [1.54, 1.807) is 72.2 Å². The number of benzene rings is 4. The summed E-state index contributed by atoms with van der Waals surface area (Å²) < 4.78 is 40.6. The molecule has 0 bridgehead atoms. The first-order valence-electron chi connectivity index (χ1n) is 14.6. The van der Waals surface area contributed by atoms with Gasteiger partial charge in [0, 0.05) is 27.2 Å². The van der Waals surface area contributed by atoms with Crippen LogP contribution in [-0.2, 0) is 17.6 Å². The third-order valence-corrected chi connectivity index (χ3v) is 8.04. The third kappa shape index (κ3) is 7.49. The van der Waals surface area contributed by atoms with Crippen LogP contribution in [0.2, 0.25) is 5.02 Å². The second-order valence-electron chi connectivity index (χ2n) is 10.7. The lowest BCUT2D eigenvalue weighted by Gasteiger charge is -2.10. The van der Waals surface area contributed by atoms with Crippen LogP contribution in [0, 0.1) is 6.92 Å². The Hall–Kier alpha value is -4.75. The molecule has 5 nitrogen and oxygen atoms in total. The largest absolute Gasteiger partial charge is 0.497 e. The zero-order valence-electron chi connectivity index (χ0n) is 25.0. The molecular formula is C37H32ClF2NO4. The number of hydrogen-bond acceptors (Lipinski definition) is 4. The lowest BCUT2D eigenvalue weighted by Crippen LogP contribution is -2.15. The van der Waals surface area contributed by atoms with Crippen LogP contribution in [0.1, 0.15) is 52.0 Å². The minimum Gasteiger partial charge on any atom is -0.497 e. The fourth-order valence-electron chi connectivity index (χ4n) is 5.48. The summed E-state index contributed by atoms with van der Waals surface area (Å²) in [5, 5.41) is 1.18. The highest BCUT2D eigenvalue weighted by molar-refractivity contribution is 6.30. The number of aryl methyl sites for hydroxylation is 1. The number of ether oxygens (including phenoxy) is 2. The Bertz CT molecular complexity index is 1860. The molecule has 0 unspecified atom stereocenters. The van der Waals surface area contributed by atoms with E-state index in [0.717, 1.165) is 12.8 Å². The molecule has 5 aromatic rings. The number of hydrogen-bond donors (Lipinski definition) is 0. The standard InChI is InChI=1S/C37H32ClF2NO4/c1-24-32(33-22-29(44-2)19-20-34(33)41(24)37(43)26-15-17-28(38)18-16-26)23-35(42)45-30-13-8-12-27(21-30)31(36(39)40)14-7-6-11-25-9-4-3-5-10-25/h3-5,8-10,12-13,15-22H,6-7,11,14,23H2,1-2H3. The molecule has 45 heavy (non-hydrogen) atoms. The molecule has 0 aliphatic carbocycles. The monoisotopic (exact) mass is 627 g/mol. The molecule has 230 valence electrons. The molecule has 0 spiro atoms. The number of halogens is 3. The third-order valence-electron chi connectivity index (χ3n) is 7.78. The first-order chi connectivity index (χ1) is 21.7. The predicted octanol–water partition coefficient (Wildman–Crippen LogP) is 9.47. The number of unbranched alkanes of at least 4 members (excludes halogenated alkanes) is 1. The highest BCUT2D eigenvalue weighted by Crippen LogP contribution is 2.32. The second kappa shape index (κ2) is 14.4. The van der Waals surface area contributed by atoms with Gasteiger partial charge in [0.1, 0.15) is 11.5 Å². The SMILES string of the molecule is COc1ccc2c(c1)c(CC(=O)Oc1cccc(C(CCCCc3ccccc3)=C(F)F)c1)c(C)n2C(=O)c1ccc(Cl)cc1. The van der Waals surface area contributed by atoms with E-state index >= 15 is 0 Å². The summed E-state index contributed by atoms with van der Waals surface area (Å²) >= 11 is 6.02. The van der Waals surface area contributed by atoms with E-state index in [2.05, 4.69) is 0 Å². The van der Waals surface area contributed by atoms with Gasteiger partial charge in [-0.25, -0.2) is 0 Å². The zero-order valence-corrected chi connectivity index (χ0v) is 25.7. The zero-order chi connectivity index (χ0) is 31.9. The number of carbonyl (C=O) groups is 2. The van der Waals surface area contributed by atoms with Crippen molar-refractivity contribution in [1.29, 1.82) is 0 Å². The Labute approximate surface area is 265 Å². The Kier molecular flexibility index (Phi) is 10.1. The molecule has 0 saturated carbocycles. The van der Waals surface area contributed by atoms with Gasteiger partial charge in [-0.1, -0.05) is 54.1 Å². The first-order valence-corrected chi connectivity index (χ1v) is 15.0. The van der Waals surface area contributed by atoms with Crippen LogP contribution in [0.15, 0.2) is 103 Å². The second-order valence-corrected chi connectivity index (χ2v) is 11.1. The highest BCUT2D eigenvalue weighted by atomic mass is 35.5. The van der Waals surface area contributed by atoms with Crippen LogP contribution < -0.4 is 9.47 Å². The molecule has 1 heterocycles. The summed E-state index contributed by atoms with van der Waals surface area (Å²) in [6.07, 6.45) is 0.476. The number of fused-ring (bicyclic) bond motifs is 1. The van der Waals surface area contributed by atoms with Crippen molar-refractivity contribution in [2.45, 2.75) is 39.0 Å². The van der Waals surface area contributed by atoms with Gasteiger partial charge in [0.2, 0.25) is 0 Å². The number of esters is 1. The number of nitrogens with zero attached hydrogens (tertiary/aromatic N) is 1. The molecule has 0 radical (unpaired) electrons. The molecule has 1 aromatic heterocycles. The van der Waals surface area contributed by atoms with E-state index in [0.29, 0.717) is 50.5 Å². The topological polar surface area (TPSA) is 57.5 Å². The highest BCUT2D eigenvalue weighted by Gasteiger charge is 2.23. The molecule has 0 atom stereocenters. The normalized spacial score (nSPS) is 11.0. The minimum atomic E-state index is -1.75. The van der Waals surface area contributed by atoms with E-state index < -0.39 is 12.0 Å². The predicted molar refractivity (Wildman–Crippen MR) is 173 cm³/mol. The van der Waals surface area contributed by atoms with Crippen LogP contribution in [-0.4, -0.2) is 23.6 Å². The van der Waals surface area contributed by atoms with Gasteiger partial charge < -0.3 is 9.47 Å². The number of carbonyl (C=O) groups excluding carboxylic acids is 2. The van der Waals surface area contributed by atoms with Gasteiger partial charge in [0.15, 0.2) is 0 Å². The maximum Gasteiger partial charge on any atom is 0.315 e. The summed E-state index contributed by atoms with van der Waals surface area (Å²) in [4.78, 5) is 26.8. The fourth-order valence-corrected chi connectivity index (χ4v) is 5.60. The Morgan fingerprint density at radius 2 is 1.58 bits per heavy atom. The van der Waals surface area contributed by atoms with Crippen LogP contribution >= 0.6 is 11.6 Å². The Morgan fingerprint density at radius 3 is 2.29 bits per heavy atom. The van der Waals surface area contributed by atoms with Gasteiger partial charge in [0.25, 0.3) is 12.0 Å². The number of methoxy groups -OCH3 is 1. The molecule has 0 saturated heterocycles. The summed E-state index contributed by atoms with van der Waals surface area (Å²) in [5.74, 6) is -0.137. The van der Waals surface area contributed by atoms with E-state index in [9.17, 15) is 18.4 Å². The maximum absolute atomic E-state index is 14.0. The van der Waals surface area contributed by atoms with Crippen LogP contribution in [0.4, 0.5) is 8.78 Å². The molecule has 0 amide bonds. The molecule has 0 aliphatic heterocycles. The molecule has 5 rings (SSSR count). The molecular weight excluding hydrogens is 596 g/mol. The van der Waals surface area contributed by atoms with Crippen LogP contribution in [0.5, 0.6) is 11.5 Å². The molecule has 0 fully saturated rings. The lowest BCUT2D eigenvalue weighted by molar-refractivity contribution is -0.133. The van der Waals surface area contributed by atoms with Gasteiger partial charge in [0.05, 0.1) is 19.0 Å². The van der Waals surface area contributed by atoms with Crippen molar-refractivity contribution in [3.8, 4) is 11.5 Å². The Balaban J connectivity index is 1.34.